The molecule has 0 saturated heterocycles. The molecule has 3 aromatic rings. The summed E-state index contributed by atoms with van der Waals surface area (Å²) in [5.41, 5.74) is 1.57. The molecule has 0 fully saturated rings. The second kappa shape index (κ2) is 6.20. The van der Waals surface area contributed by atoms with Gasteiger partial charge in [-0.15, -0.1) is 0 Å². The summed E-state index contributed by atoms with van der Waals surface area (Å²) < 4.78 is 53.6. The fraction of sp³-hybridized carbons (Fsp3) is 0.0556. The lowest BCUT2D eigenvalue weighted by atomic mass is 9.85. The summed E-state index contributed by atoms with van der Waals surface area (Å²) in [6.07, 6.45) is 3.09. The molecule has 0 radical (unpaired) electrons. The smallest absolute Gasteiger partial charge is 0.159 e. The Hall–Kier alpha value is -2.69. The van der Waals surface area contributed by atoms with Gasteiger partial charge in [0.05, 0.1) is 0 Å². The highest BCUT2D eigenvalue weighted by atomic mass is 19.2. The number of nitrogens with zero attached hydrogens (tertiary/aromatic N) is 1. The van der Waals surface area contributed by atoms with E-state index in [2.05, 4.69) is 4.98 Å². The molecule has 0 aliphatic heterocycles. The van der Waals surface area contributed by atoms with E-state index in [1.807, 2.05) is 0 Å². The molecule has 3 rings (SSSR count). The largest absolute Gasteiger partial charge is 0.265 e. The van der Waals surface area contributed by atoms with Gasteiger partial charge in [0.1, 0.15) is 0 Å². The average Bonchev–Trinajstić information content (AvgIpc) is 2.55. The molecule has 0 N–H and O–H groups in total. The Morgan fingerprint density at radius 2 is 1.04 bits per heavy atom. The van der Waals surface area contributed by atoms with Crippen LogP contribution in [0.15, 0.2) is 60.9 Å². The van der Waals surface area contributed by atoms with Crippen LogP contribution in [-0.2, 0) is 0 Å². The second-order valence-corrected chi connectivity index (χ2v) is 5.06. The molecule has 1 aromatic heterocycles. The van der Waals surface area contributed by atoms with Gasteiger partial charge in [-0.25, -0.2) is 17.6 Å². The number of rotatable bonds is 3. The fourth-order valence-corrected chi connectivity index (χ4v) is 2.52. The zero-order chi connectivity index (χ0) is 16.4. The van der Waals surface area contributed by atoms with Crippen LogP contribution in [0, 0.1) is 23.3 Å². The minimum Gasteiger partial charge on any atom is -0.265 e. The maximum absolute atomic E-state index is 13.6. The molecule has 0 unspecified atom stereocenters. The van der Waals surface area contributed by atoms with Crippen LogP contribution in [0.2, 0.25) is 0 Å². The van der Waals surface area contributed by atoms with Gasteiger partial charge in [-0.1, -0.05) is 12.1 Å². The van der Waals surface area contributed by atoms with Crippen molar-refractivity contribution in [3.05, 3.63) is 101 Å². The van der Waals surface area contributed by atoms with Crippen molar-refractivity contribution in [2.24, 2.45) is 0 Å². The molecule has 0 amide bonds. The molecule has 1 nitrogen and oxygen atoms in total. The van der Waals surface area contributed by atoms with E-state index in [4.69, 9.17) is 0 Å². The third kappa shape index (κ3) is 3.08. The summed E-state index contributed by atoms with van der Waals surface area (Å²) >= 11 is 0. The van der Waals surface area contributed by atoms with Crippen LogP contribution in [0.3, 0.4) is 0 Å². The summed E-state index contributed by atoms with van der Waals surface area (Å²) in [4.78, 5) is 3.91. The van der Waals surface area contributed by atoms with Crippen molar-refractivity contribution in [2.45, 2.75) is 5.92 Å². The van der Waals surface area contributed by atoms with Crippen molar-refractivity contribution < 1.29 is 17.6 Å². The molecular formula is C18H11F4N. The number of benzene rings is 2. The maximum atomic E-state index is 13.6. The van der Waals surface area contributed by atoms with Crippen molar-refractivity contribution in [1.82, 2.24) is 4.98 Å². The van der Waals surface area contributed by atoms with Crippen molar-refractivity contribution in [2.75, 3.05) is 0 Å². The summed E-state index contributed by atoms with van der Waals surface area (Å²) in [6.45, 7) is 0. The van der Waals surface area contributed by atoms with Crippen LogP contribution in [-0.4, -0.2) is 4.98 Å². The monoisotopic (exact) mass is 317 g/mol. The van der Waals surface area contributed by atoms with Crippen LogP contribution in [0.25, 0.3) is 0 Å². The molecule has 0 saturated carbocycles. The zero-order valence-electron chi connectivity index (χ0n) is 11.8. The van der Waals surface area contributed by atoms with Crippen LogP contribution >= 0.6 is 0 Å². The first kappa shape index (κ1) is 15.2. The van der Waals surface area contributed by atoms with Gasteiger partial charge in [-0.2, -0.15) is 0 Å². The minimum absolute atomic E-state index is 0.432. The first-order chi connectivity index (χ1) is 11.1. The Morgan fingerprint density at radius 3 is 1.48 bits per heavy atom. The Labute approximate surface area is 130 Å². The van der Waals surface area contributed by atoms with Gasteiger partial charge in [0.15, 0.2) is 23.3 Å². The van der Waals surface area contributed by atoms with Crippen molar-refractivity contribution >= 4 is 0 Å². The van der Waals surface area contributed by atoms with E-state index in [1.165, 1.54) is 12.1 Å². The van der Waals surface area contributed by atoms with Gasteiger partial charge in [-0.3, -0.25) is 4.98 Å². The highest BCUT2D eigenvalue weighted by molar-refractivity contribution is 5.42. The first-order valence-electron chi connectivity index (χ1n) is 6.86. The Morgan fingerprint density at radius 1 is 0.565 bits per heavy atom. The Kier molecular flexibility index (Phi) is 4.10. The maximum Gasteiger partial charge on any atom is 0.159 e. The number of aromatic nitrogens is 1. The van der Waals surface area contributed by atoms with E-state index in [9.17, 15) is 17.6 Å². The summed E-state index contributed by atoms with van der Waals surface area (Å²) in [5.74, 6) is -4.49. The topological polar surface area (TPSA) is 12.9 Å². The van der Waals surface area contributed by atoms with Crippen molar-refractivity contribution in [1.29, 1.82) is 0 Å². The van der Waals surface area contributed by atoms with E-state index in [0.717, 1.165) is 24.3 Å². The minimum atomic E-state index is -0.996. The quantitative estimate of drug-likeness (QED) is 0.631. The molecule has 0 bridgehead atoms. The normalized spacial score (nSPS) is 11.0. The summed E-state index contributed by atoms with van der Waals surface area (Å²) in [7, 11) is 0. The lowest BCUT2D eigenvalue weighted by Crippen LogP contribution is -2.05. The van der Waals surface area contributed by atoms with Gasteiger partial charge in [0.2, 0.25) is 0 Å². The van der Waals surface area contributed by atoms with Crippen molar-refractivity contribution in [3.63, 3.8) is 0 Å². The molecule has 116 valence electrons. The molecular weight excluding hydrogens is 306 g/mol. The summed E-state index contributed by atoms with van der Waals surface area (Å²) in [5, 5.41) is 0. The third-order valence-electron chi connectivity index (χ3n) is 3.59. The predicted octanol–water partition coefficient (Wildman–Crippen LogP) is 4.82. The van der Waals surface area contributed by atoms with Gasteiger partial charge in [0, 0.05) is 18.3 Å². The molecule has 5 heteroatoms. The van der Waals surface area contributed by atoms with Crippen LogP contribution in [0.5, 0.6) is 0 Å². The lowest BCUT2D eigenvalue weighted by molar-refractivity contribution is 0.504. The average molecular weight is 317 g/mol. The fourth-order valence-electron chi connectivity index (χ4n) is 2.52. The molecule has 0 atom stereocenters. The molecule has 2 aromatic carbocycles. The highest BCUT2D eigenvalue weighted by Gasteiger charge is 2.19. The molecule has 0 spiro atoms. The summed E-state index contributed by atoms with van der Waals surface area (Å²) in [6, 6.07) is 10.4. The molecule has 1 heterocycles. The zero-order valence-corrected chi connectivity index (χ0v) is 11.8. The van der Waals surface area contributed by atoms with E-state index in [-0.39, 0.29) is 0 Å². The van der Waals surface area contributed by atoms with Gasteiger partial charge < -0.3 is 0 Å². The molecule has 0 aliphatic rings. The van der Waals surface area contributed by atoms with E-state index < -0.39 is 29.2 Å². The van der Waals surface area contributed by atoms with Crippen molar-refractivity contribution in [3.8, 4) is 0 Å². The highest BCUT2D eigenvalue weighted by Crippen LogP contribution is 2.33. The van der Waals surface area contributed by atoms with Gasteiger partial charge >= 0.3 is 0 Å². The SMILES string of the molecule is Fc1ccc(C(c2ccncc2)c2ccc(F)c(F)c2)cc1F. The molecule has 23 heavy (non-hydrogen) atoms. The lowest BCUT2D eigenvalue weighted by Gasteiger charge is -2.19. The van der Waals surface area contributed by atoms with E-state index in [1.54, 1.807) is 24.5 Å². The molecule has 0 aliphatic carbocycles. The third-order valence-corrected chi connectivity index (χ3v) is 3.59. The Balaban J connectivity index is 2.17. The van der Waals surface area contributed by atoms with Gasteiger partial charge in [0.25, 0.3) is 0 Å². The predicted molar refractivity (Wildman–Crippen MR) is 77.9 cm³/mol. The first-order valence-corrected chi connectivity index (χ1v) is 6.86. The van der Waals surface area contributed by atoms with Crippen LogP contribution < -0.4 is 0 Å². The van der Waals surface area contributed by atoms with Gasteiger partial charge in [-0.05, 0) is 53.1 Å². The van der Waals surface area contributed by atoms with E-state index >= 15 is 0 Å². The standard InChI is InChI=1S/C18H11F4N/c19-14-3-1-12(9-16(14)21)18(11-5-7-23-8-6-11)13-2-4-15(20)17(22)10-13/h1-10,18H. The Bertz CT molecular complexity index is 782. The second-order valence-electron chi connectivity index (χ2n) is 5.06. The van der Waals surface area contributed by atoms with E-state index in [0.29, 0.717) is 16.7 Å². The van der Waals surface area contributed by atoms with Crippen LogP contribution in [0.1, 0.15) is 22.6 Å². The van der Waals surface area contributed by atoms with Crippen LogP contribution in [0.4, 0.5) is 17.6 Å². The number of hydrogen-bond donors (Lipinski definition) is 0. The number of pyridine rings is 1. The number of halogens is 4. The number of hydrogen-bond acceptors (Lipinski definition) is 1.